The molecule has 3 rings (SSSR count). The summed E-state index contributed by atoms with van der Waals surface area (Å²) in [5.41, 5.74) is 0.295. The Morgan fingerprint density at radius 1 is 1.15 bits per heavy atom. The summed E-state index contributed by atoms with van der Waals surface area (Å²) in [5.74, 6) is -0.822. The third kappa shape index (κ3) is 5.61. The van der Waals surface area contributed by atoms with Crippen LogP contribution in [0, 0.1) is 40.0 Å². The molecular formula is C21H19Cl2N5O6. The van der Waals surface area contributed by atoms with Crippen molar-refractivity contribution in [1.29, 1.82) is 0 Å². The minimum Gasteiger partial charge on any atom is -0.455 e. The Balaban J connectivity index is 1.81. The molecule has 1 unspecified atom stereocenters. The number of nitrogens with one attached hydrogen (secondary N) is 1. The van der Waals surface area contributed by atoms with E-state index in [-0.39, 0.29) is 45.8 Å². The van der Waals surface area contributed by atoms with Crippen molar-refractivity contribution in [3.63, 3.8) is 0 Å². The molecule has 0 saturated heterocycles. The van der Waals surface area contributed by atoms with Crippen molar-refractivity contribution in [2.45, 2.75) is 27.3 Å². The van der Waals surface area contributed by atoms with E-state index in [0.717, 1.165) is 0 Å². The molecule has 0 aliphatic rings. The lowest BCUT2D eigenvalue weighted by atomic mass is 10.1. The van der Waals surface area contributed by atoms with Crippen molar-refractivity contribution < 1.29 is 19.4 Å². The molecule has 0 aliphatic heterocycles. The van der Waals surface area contributed by atoms with Crippen LogP contribution in [0.4, 0.5) is 17.1 Å². The molecule has 3 aromatic rings. The van der Waals surface area contributed by atoms with Crippen LogP contribution < -0.4 is 10.1 Å². The Bertz CT molecular complexity index is 1290. The number of amides is 1. The number of non-ortho nitro benzene ring substituents is 1. The Morgan fingerprint density at radius 2 is 1.85 bits per heavy atom. The molecule has 178 valence electrons. The highest BCUT2D eigenvalue weighted by atomic mass is 35.5. The van der Waals surface area contributed by atoms with E-state index in [4.69, 9.17) is 27.9 Å². The quantitative estimate of drug-likeness (QED) is 0.304. The number of halogens is 2. The van der Waals surface area contributed by atoms with Crippen molar-refractivity contribution in [2.24, 2.45) is 5.92 Å². The second-order valence-electron chi connectivity index (χ2n) is 7.50. The summed E-state index contributed by atoms with van der Waals surface area (Å²) in [4.78, 5) is 34.2. The molecule has 0 spiro atoms. The summed E-state index contributed by atoms with van der Waals surface area (Å²) in [5, 5.41) is 29.9. The average molecular weight is 508 g/mol. The number of hydrogen-bond acceptors (Lipinski definition) is 7. The third-order valence-electron chi connectivity index (χ3n) is 4.91. The van der Waals surface area contributed by atoms with Gasteiger partial charge in [0.15, 0.2) is 0 Å². The van der Waals surface area contributed by atoms with Crippen molar-refractivity contribution in [1.82, 2.24) is 9.78 Å². The monoisotopic (exact) mass is 507 g/mol. The van der Waals surface area contributed by atoms with Gasteiger partial charge in [-0.2, -0.15) is 5.10 Å². The van der Waals surface area contributed by atoms with Gasteiger partial charge in [-0.25, -0.2) is 0 Å². The van der Waals surface area contributed by atoms with Crippen LogP contribution in [0.2, 0.25) is 10.0 Å². The summed E-state index contributed by atoms with van der Waals surface area (Å²) < 4.78 is 7.05. The van der Waals surface area contributed by atoms with Crippen LogP contribution in [-0.2, 0) is 11.3 Å². The van der Waals surface area contributed by atoms with Gasteiger partial charge in [0.2, 0.25) is 5.91 Å². The standard InChI is InChI=1S/C21H19Cl2N5O6/c1-11(10-26-13(3)20(28(32)33)12(2)25-26)21(29)24-15-7-16(27(30)31)9-17(8-15)34-19-5-4-14(22)6-18(19)23/h4-9,11H,10H2,1-3H3,(H,24,29). The zero-order valence-electron chi connectivity index (χ0n) is 18.2. The van der Waals surface area contributed by atoms with Crippen LogP contribution in [0.3, 0.4) is 0 Å². The summed E-state index contributed by atoms with van der Waals surface area (Å²) in [6.07, 6.45) is 0. The highest BCUT2D eigenvalue weighted by molar-refractivity contribution is 6.35. The number of hydrogen-bond donors (Lipinski definition) is 1. The van der Waals surface area contributed by atoms with Gasteiger partial charge in [0.1, 0.15) is 22.9 Å². The fourth-order valence-electron chi connectivity index (χ4n) is 3.24. The maximum absolute atomic E-state index is 12.8. The average Bonchev–Trinajstić information content (AvgIpc) is 3.02. The lowest BCUT2D eigenvalue weighted by Gasteiger charge is -2.14. The minimum absolute atomic E-state index is 0.0744. The number of rotatable bonds is 8. The number of carbonyl (C=O) groups is 1. The van der Waals surface area contributed by atoms with Crippen molar-refractivity contribution in [2.75, 3.05) is 5.32 Å². The fourth-order valence-corrected chi connectivity index (χ4v) is 3.69. The van der Waals surface area contributed by atoms with Crippen LogP contribution in [0.1, 0.15) is 18.3 Å². The Kier molecular flexibility index (Phi) is 7.38. The first kappa shape index (κ1) is 24.9. The second-order valence-corrected chi connectivity index (χ2v) is 8.34. The molecular weight excluding hydrogens is 489 g/mol. The van der Waals surface area contributed by atoms with E-state index < -0.39 is 21.7 Å². The molecule has 1 heterocycles. The lowest BCUT2D eigenvalue weighted by molar-refractivity contribution is -0.386. The third-order valence-corrected chi connectivity index (χ3v) is 5.44. The van der Waals surface area contributed by atoms with E-state index in [2.05, 4.69) is 10.4 Å². The normalized spacial score (nSPS) is 11.7. The first-order chi connectivity index (χ1) is 16.0. The molecule has 1 aromatic heterocycles. The number of ether oxygens (including phenoxy) is 1. The van der Waals surface area contributed by atoms with Gasteiger partial charge in [-0.3, -0.25) is 29.7 Å². The summed E-state index contributed by atoms with van der Waals surface area (Å²) >= 11 is 12.0. The van der Waals surface area contributed by atoms with Gasteiger partial charge in [-0.05, 0) is 32.0 Å². The van der Waals surface area contributed by atoms with Crippen molar-refractivity contribution in [3.8, 4) is 11.5 Å². The van der Waals surface area contributed by atoms with Crippen molar-refractivity contribution in [3.05, 3.63) is 78.1 Å². The molecule has 1 atom stereocenters. The molecule has 11 nitrogen and oxygen atoms in total. The van der Waals surface area contributed by atoms with Gasteiger partial charge in [0.25, 0.3) is 5.69 Å². The van der Waals surface area contributed by atoms with Crippen LogP contribution in [0.15, 0.2) is 36.4 Å². The zero-order valence-corrected chi connectivity index (χ0v) is 19.8. The van der Waals surface area contributed by atoms with E-state index in [0.29, 0.717) is 10.7 Å². The number of nitro groups is 2. The van der Waals surface area contributed by atoms with E-state index in [1.165, 1.54) is 41.9 Å². The number of aromatic nitrogens is 2. The van der Waals surface area contributed by atoms with Gasteiger partial charge in [0, 0.05) is 17.2 Å². The molecule has 1 N–H and O–H groups in total. The molecule has 0 aliphatic carbocycles. The van der Waals surface area contributed by atoms with E-state index in [9.17, 15) is 25.0 Å². The number of benzene rings is 2. The Morgan fingerprint density at radius 3 is 2.44 bits per heavy atom. The Hall–Kier alpha value is -3.70. The predicted molar refractivity (Wildman–Crippen MR) is 126 cm³/mol. The first-order valence-electron chi connectivity index (χ1n) is 9.88. The molecule has 0 fully saturated rings. The number of nitro benzene ring substituents is 1. The van der Waals surface area contributed by atoms with Crippen molar-refractivity contribution >= 4 is 46.2 Å². The first-order valence-corrected chi connectivity index (χ1v) is 10.6. The summed E-state index contributed by atoms with van der Waals surface area (Å²) in [6, 6.07) is 8.32. The van der Waals surface area contributed by atoms with Gasteiger partial charge in [0.05, 0.1) is 39.1 Å². The lowest BCUT2D eigenvalue weighted by Crippen LogP contribution is -2.25. The maximum Gasteiger partial charge on any atom is 0.312 e. The van der Waals surface area contributed by atoms with Crippen LogP contribution in [0.25, 0.3) is 0 Å². The van der Waals surface area contributed by atoms with E-state index in [1.54, 1.807) is 19.9 Å². The maximum atomic E-state index is 12.8. The molecule has 34 heavy (non-hydrogen) atoms. The number of anilines is 1. The minimum atomic E-state index is -0.660. The highest BCUT2D eigenvalue weighted by Crippen LogP contribution is 2.34. The fraction of sp³-hybridized carbons (Fsp3) is 0.238. The summed E-state index contributed by atoms with van der Waals surface area (Å²) in [7, 11) is 0. The van der Waals surface area contributed by atoms with Crippen LogP contribution in [-0.4, -0.2) is 25.5 Å². The number of aryl methyl sites for hydroxylation is 1. The molecule has 0 bridgehead atoms. The number of carbonyl (C=O) groups excluding carboxylic acids is 1. The Labute approximate surface area is 203 Å². The SMILES string of the molecule is Cc1nn(CC(C)C(=O)Nc2cc(Oc3ccc(Cl)cc3Cl)cc([N+](=O)[O-])c2)c(C)c1[N+](=O)[O-]. The largest absolute Gasteiger partial charge is 0.455 e. The topological polar surface area (TPSA) is 142 Å². The van der Waals surface area contributed by atoms with Gasteiger partial charge in [-0.1, -0.05) is 30.1 Å². The van der Waals surface area contributed by atoms with Gasteiger partial charge >= 0.3 is 5.69 Å². The highest BCUT2D eigenvalue weighted by Gasteiger charge is 2.24. The van der Waals surface area contributed by atoms with Crippen LogP contribution in [0.5, 0.6) is 11.5 Å². The predicted octanol–water partition coefficient (Wildman–Crippen LogP) is 5.69. The summed E-state index contributed by atoms with van der Waals surface area (Å²) in [6.45, 7) is 4.75. The zero-order chi connectivity index (χ0) is 25.2. The molecule has 2 aromatic carbocycles. The van der Waals surface area contributed by atoms with Gasteiger partial charge in [-0.15, -0.1) is 0 Å². The van der Waals surface area contributed by atoms with Gasteiger partial charge < -0.3 is 10.1 Å². The van der Waals surface area contributed by atoms with E-state index in [1.807, 2.05) is 0 Å². The molecule has 0 radical (unpaired) electrons. The number of nitrogens with zero attached hydrogens (tertiary/aromatic N) is 4. The molecule has 0 saturated carbocycles. The molecule has 1 amide bonds. The second kappa shape index (κ2) is 10.1. The van der Waals surface area contributed by atoms with Crippen LogP contribution >= 0.6 is 23.2 Å². The van der Waals surface area contributed by atoms with E-state index >= 15 is 0 Å². The smallest absolute Gasteiger partial charge is 0.312 e. The molecule has 13 heteroatoms.